The average molecular weight is 336 g/mol. The van der Waals surface area contributed by atoms with Crippen molar-refractivity contribution in [2.75, 3.05) is 33.2 Å². The van der Waals surface area contributed by atoms with Gasteiger partial charge in [0, 0.05) is 32.3 Å². The van der Waals surface area contributed by atoms with Gasteiger partial charge >= 0.3 is 0 Å². The fraction of sp³-hybridized carbons (Fsp3) is 0.286. The van der Waals surface area contributed by atoms with Crippen LogP contribution in [0.5, 0.6) is 5.75 Å². The zero-order valence-corrected chi connectivity index (χ0v) is 14.6. The summed E-state index contributed by atoms with van der Waals surface area (Å²) in [7, 11) is 2.08. The number of hydrogen-bond donors (Lipinski definition) is 0. The third-order valence-corrected chi connectivity index (χ3v) is 4.36. The Labute approximate surface area is 149 Å². The number of likely N-dealkylation sites (N-methyl/N-ethyl adjacent to an activating group) is 1. The minimum Gasteiger partial charge on any atom is -0.489 e. The van der Waals surface area contributed by atoms with Crippen molar-refractivity contribution in [3.05, 3.63) is 71.8 Å². The molecule has 1 aliphatic heterocycles. The molecule has 0 radical (unpaired) electrons. The van der Waals surface area contributed by atoms with Gasteiger partial charge in [-0.1, -0.05) is 42.5 Å². The van der Waals surface area contributed by atoms with E-state index in [-0.39, 0.29) is 5.91 Å². The third-order valence-electron chi connectivity index (χ3n) is 4.36. The summed E-state index contributed by atoms with van der Waals surface area (Å²) in [6.45, 7) is 4.02. The molecule has 2 aromatic carbocycles. The number of carbonyl (C=O) groups is 1. The molecule has 1 saturated heterocycles. The molecule has 0 bridgehead atoms. The second-order valence-corrected chi connectivity index (χ2v) is 6.31. The minimum absolute atomic E-state index is 0.0810. The minimum atomic E-state index is 0.0810. The topological polar surface area (TPSA) is 32.8 Å². The highest BCUT2D eigenvalue weighted by Crippen LogP contribution is 2.15. The van der Waals surface area contributed by atoms with Gasteiger partial charge in [-0.2, -0.15) is 0 Å². The summed E-state index contributed by atoms with van der Waals surface area (Å²) in [6, 6.07) is 17.9. The number of amides is 1. The first kappa shape index (κ1) is 17.2. The number of ether oxygens (including phenoxy) is 1. The summed E-state index contributed by atoms with van der Waals surface area (Å²) in [5.41, 5.74) is 2.14. The summed E-state index contributed by atoms with van der Waals surface area (Å²) in [5.74, 6) is 0.906. The maximum Gasteiger partial charge on any atom is 0.246 e. The Kier molecular flexibility index (Phi) is 5.86. The van der Waals surface area contributed by atoms with Crippen molar-refractivity contribution < 1.29 is 9.53 Å². The first-order chi connectivity index (χ1) is 12.2. The molecule has 0 aromatic heterocycles. The predicted octanol–water partition coefficient (Wildman–Crippen LogP) is 3.05. The number of nitrogens with zero attached hydrogens (tertiary/aromatic N) is 2. The Hall–Kier alpha value is -2.59. The molecule has 0 unspecified atom stereocenters. The van der Waals surface area contributed by atoms with E-state index < -0.39 is 0 Å². The smallest absolute Gasteiger partial charge is 0.246 e. The SMILES string of the molecule is CN1CCN(C(=O)C=Cc2ccc(OCc3ccccc3)cc2)CC1. The van der Waals surface area contributed by atoms with E-state index in [1.165, 1.54) is 0 Å². The lowest BCUT2D eigenvalue weighted by Gasteiger charge is -2.31. The van der Waals surface area contributed by atoms with Gasteiger partial charge in [0.2, 0.25) is 5.91 Å². The molecule has 0 atom stereocenters. The maximum atomic E-state index is 12.2. The van der Waals surface area contributed by atoms with Crippen molar-refractivity contribution in [1.29, 1.82) is 0 Å². The molecule has 4 nitrogen and oxygen atoms in total. The lowest BCUT2D eigenvalue weighted by molar-refractivity contribution is -0.127. The molecular weight excluding hydrogens is 312 g/mol. The first-order valence-corrected chi connectivity index (χ1v) is 8.63. The van der Waals surface area contributed by atoms with Crippen LogP contribution in [0.3, 0.4) is 0 Å². The molecule has 2 aromatic rings. The molecule has 0 N–H and O–H groups in total. The van der Waals surface area contributed by atoms with Crippen LogP contribution in [0, 0.1) is 0 Å². The summed E-state index contributed by atoms with van der Waals surface area (Å²) >= 11 is 0. The molecular formula is C21H24N2O2. The Morgan fingerprint density at radius 1 is 1.00 bits per heavy atom. The van der Waals surface area contributed by atoms with Crippen LogP contribution in [0.4, 0.5) is 0 Å². The monoisotopic (exact) mass is 336 g/mol. The van der Waals surface area contributed by atoms with Gasteiger partial charge in [0.05, 0.1) is 0 Å². The number of hydrogen-bond acceptors (Lipinski definition) is 3. The largest absolute Gasteiger partial charge is 0.489 e. The first-order valence-electron chi connectivity index (χ1n) is 8.63. The van der Waals surface area contributed by atoms with Crippen LogP contribution in [0.15, 0.2) is 60.7 Å². The lowest BCUT2D eigenvalue weighted by Crippen LogP contribution is -2.46. The summed E-state index contributed by atoms with van der Waals surface area (Å²) in [6.07, 6.45) is 3.52. The van der Waals surface area contributed by atoms with Crippen molar-refractivity contribution in [3.8, 4) is 5.75 Å². The second kappa shape index (κ2) is 8.49. The number of carbonyl (C=O) groups excluding carboxylic acids is 1. The van der Waals surface area contributed by atoms with E-state index in [1.807, 2.05) is 65.6 Å². The molecule has 1 amide bonds. The highest BCUT2D eigenvalue weighted by Gasteiger charge is 2.16. The van der Waals surface area contributed by atoms with Crippen molar-refractivity contribution in [3.63, 3.8) is 0 Å². The van der Waals surface area contributed by atoms with Crippen LogP contribution in [-0.2, 0) is 11.4 Å². The van der Waals surface area contributed by atoms with E-state index in [0.717, 1.165) is 43.1 Å². The zero-order chi connectivity index (χ0) is 17.5. The van der Waals surface area contributed by atoms with Gasteiger partial charge in [0.1, 0.15) is 12.4 Å². The number of piperazine rings is 1. The van der Waals surface area contributed by atoms with Crippen LogP contribution in [-0.4, -0.2) is 48.9 Å². The molecule has 1 aliphatic rings. The van der Waals surface area contributed by atoms with Crippen molar-refractivity contribution in [1.82, 2.24) is 9.80 Å². The van der Waals surface area contributed by atoms with Gasteiger partial charge in [-0.3, -0.25) is 4.79 Å². The van der Waals surface area contributed by atoms with Crippen LogP contribution in [0.25, 0.3) is 6.08 Å². The Morgan fingerprint density at radius 3 is 2.36 bits per heavy atom. The summed E-state index contributed by atoms with van der Waals surface area (Å²) in [5, 5.41) is 0. The lowest BCUT2D eigenvalue weighted by atomic mass is 10.2. The second-order valence-electron chi connectivity index (χ2n) is 6.31. The molecule has 1 heterocycles. The molecule has 3 rings (SSSR count). The van der Waals surface area contributed by atoms with Crippen molar-refractivity contribution in [2.24, 2.45) is 0 Å². The summed E-state index contributed by atoms with van der Waals surface area (Å²) in [4.78, 5) is 16.3. The van der Waals surface area contributed by atoms with Crippen molar-refractivity contribution in [2.45, 2.75) is 6.61 Å². The Bertz CT molecular complexity index is 702. The molecule has 25 heavy (non-hydrogen) atoms. The molecule has 0 spiro atoms. The molecule has 130 valence electrons. The standard InChI is InChI=1S/C21H24N2O2/c1-22-13-15-23(16-14-22)21(24)12-9-18-7-10-20(11-8-18)25-17-19-5-3-2-4-6-19/h2-12H,13-17H2,1H3. The van der Waals surface area contributed by atoms with Crippen molar-refractivity contribution >= 4 is 12.0 Å². The number of rotatable bonds is 5. The molecule has 1 fully saturated rings. The van der Waals surface area contributed by atoms with Crippen LogP contribution in [0.1, 0.15) is 11.1 Å². The van der Waals surface area contributed by atoms with Gasteiger partial charge in [0.25, 0.3) is 0 Å². The fourth-order valence-electron chi connectivity index (χ4n) is 2.72. The molecule has 0 saturated carbocycles. The van der Waals surface area contributed by atoms with E-state index in [4.69, 9.17) is 4.74 Å². The van der Waals surface area contributed by atoms with E-state index in [2.05, 4.69) is 11.9 Å². The van der Waals surface area contributed by atoms with Gasteiger partial charge in [-0.25, -0.2) is 0 Å². The quantitative estimate of drug-likeness (QED) is 0.787. The average Bonchev–Trinajstić information content (AvgIpc) is 2.67. The molecule has 0 aliphatic carbocycles. The molecule has 4 heteroatoms. The fourth-order valence-corrected chi connectivity index (χ4v) is 2.72. The predicted molar refractivity (Wildman–Crippen MR) is 100 cm³/mol. The highest BCUT2D eigenvalue weighted by atomic mass is 16.5. The van der Waals surface area contributed by atoms with Gasteiger partial charge in [-0.15, -0.1) is 0 Å². The van der Waals surface area contributed by atoms with Gasteiger partial charge in [-0.05, 0) is 36.4 Å². The van der Waals surface area contributed by atoms with Crippen LogP contribution in [0.2, 0.25) is 0 Å². The normalized spacial score (nSPS) is 15.5. The third kappa shape index (κ3) is 5.19. The van der Waals surface area contributed by atoms with E-state index in [9.17, 15) is 4.79 Å². The van der Waals surface area contributed by atoms with Crippen LogP contribution >= 0.6 is 0 Å². The highest BCUT2D eigenvalue weighted by molar-refractivity contribution is 5.91. The zero-order valence-electron chi connectivity index (χ0n) is 14.6. The van der Waals surface area contributed by atoms with E-state index in [1.54, 1.807) is 6.08 Å². The van der Waals surface area contributed by atoms with Crippen LogP contribution < -0.4 is 4.74 Å². The van der Waals surface area contributed by atoms with E-state index in [0.29, 0.717) is 6.61 Å². The van der Waals surface area contributed by atoms with Gasteiger partial charge < -0.3 is 14.5 Å². The Balaban J connectivity index is 1.51. The van der Waals surface area contributed by atoms with E-state index >= 15 is 0 Å². The van der Waals surface area contributed by atoms with Gasteiger partial charge in [0.15, 0.2) is 0 Å². The Morgan fingerprint density at radius 2 is 1.68 bits per heavy atom. The maximum absolute atomic E-state index is 12.2. The summed E-state index contributed by atoms with van der Waals surface area (Å²) < 4.78 is 5.77. The number of benzene rings is 2.